The van der Waals surface area contributed by atoms with Crippen molar-refractivity contribution in [1.29, 1.82) is 0 Å². The molecule has 25 heavy (non-hydrogen) atoms. The molecule has 1 heterocycles. The van der Waals surface area contributed by atoms with Gasteiger partial charge >= 0.3 is 0 Å². The summed E-state index contributed by atoms with van der Waals surface area (Å²) in [5.41, 5.74) is 4.28. The molecule has 2 rings (SSSR count). The van der Waals surface area contributed by atoms with E-state index in [9.17, 15) is 4.79 Å². The monoisotopic (exact) mass is 344 g/mol. The molecule has 136 valence electrons. The molecule has 0 aliphatic rings. The quantitative estimate of drug-likeness (QED) is 0.723. The van der Waals surface area contributed by atoms with Crippen LogP contribution in [0.3, 0.4) is 0 Å². The van der Waals surface area contributed by atoms with Crippen LogP contribution in [0.2, 0.25) is 0 Å². The van der Waals surface area contributed by atoms with Crippen molar-refractivity contribution in [3.05, 3.63) is 52.8 Å². The average molecular weight is 344 g/mol. The van der Waals surface area contributed by atoms with Crippen molar-refractivity contribution in [1.82, 2.24) is 20.0 Å². The highest BCUT2D eigenvalue weighted by atomic mass is 16.3. The highest BCUT2D eigenvalue weighted by Gasteiger charge is 2.14. The van der Waals surface area contributed by atoms with E-state index in [1.54, 1.807) is 0 Å². The van der Waals surface area contributed by atoms with Crippen molar-refractivity contribution in [2.24, 2.45) is 0 Å². The number of nitrogens with zero attached hydrogens (tertiary/aromatic N) is 3. The number of nitrogens with one attached hydrogen (secondary N) is 1. The molecular formula is C19H28N4O2. The van der Waals surface area contributed by atoms with E-state index in [0.29, 0.717) is 19.6 Å². The van der Waals surface area contributed by atoms with Crippen LogP contribution in [0.15, 0.2) is 30.3 Å². The molecule has 0 spiro atoms. The molecule has 2 aromatic rings. The Morgan fingerprint density at radius 1 is 1.28 bits per heavy atom. The maximum Gasteiger partial charge on any atom is 0.234 e. The number of benzene rings is 1. The molecule has 1 aromatic carbocycles. The first kappa shape index (κ1) is 19.1. The molecule has 0 saturated heterocycles. The Bertz CT molecular complexity index is 682. The summed E-state index contributed by atoms with van der Waals surface area (Å²) in [6.07, 6.45) is 0. The molecule has 0 aliphatic heterocycles. The van der Waals surface area contributed by atoms with Gasteiger partial charge in [0.1, 0.15) is 0 Å². The molecule has 0 aliphatic carbocycles. The van der Waals surface area contributed by atoms with Gasteiger partial charge in [0.25, 0.3) is 0 Å². The summed E-state index contributed by atoms with van der Waals surface area (Å²) < 4.78 is 1.98. The van der Waals surface area contributed by atoms with Crippen molar-refractivity contribution >= 4 is 5.91 Å². The zero-order valence-electron chi connectivity index (χ0n) is 15.3. The number of hydrogen-bond donors (Lipinski definition) is 2. The number of likely N-dealkylation sites (N-methyl/N-ethyl adjacent to an activating group) is 1. The fourth-order valence-electron chi connectivity index (χ4n) is 2.84. The minimum atomic E-state index is -0.0371. The minimum absolute atomic E-state index is 0.0371. The Labute approximate surface area is 149 Å². The van der Waals surface area contributed by atoms with Crippen LogP contribution in [0.1, 0.15) is 29.4 Å². The lowest BCUT2D eigenvalue weighted by atomic mass is 10.2. The minimum Gasteiger partial charge on any atom is -0.395 e. The summed E-state index contributed by atoms with van der Waals surface area (Å²) >= 11 is 0. The van der Waals surface area contributed by atoms with E-state index in [1.165, 1.54) is 5.56 Å². The summed E-state index contributed by atoms with van der Waals surface area (Å²) in [5.74, 6) is -0.0371. The van der Waals surface area contributed by atoms with Crippen molar-refractivity contribution in [2.75, 3.05) is 26.2 Å². The van der Waals surface area contributed by atoms with Crippen LogP contribution in [0, 0.1) is 13.8 Å². The zero-order valence-corrected chi connectivity index (χ0v) is 15.3. The predicted octanol–water partition coefficient (Wildman–Crippen LogP) is 1.48. The lowest BCUT2D eigenvalue weighted by molar-refractivity contribution is -0.122. The van der Waals surface area contributed by atoms with Crippen molar-refractivity contribution in [3.8, 4) is 0 Å². The summed E-state index contributed by atoms with van der Waals surface area (Å²) in [4.78, 5) is 14.0. The normalized spacial score (nSPS) is 11.1. The lowest BCUT2D eigenvalue weighted by Crippen LogP contribution is -2.38. The number of aliphatic hydroxyl groups excluding tert-OH is 1. The number of aliphatic hydroxyl groups is 1. The SMILES string of the molecule is CCN(CCO)CC(=O)NCc1c(C)nn(Cc2ccccc2)c1C. The van der Waals surface area contributed by atoms with Gasteiger partial charge in [-0.1, -0.05) is 37.3 Å². The van der Waals surface area contributed by atoms with Gasteiger partial charge < -0.3 is 10.4 Å². The first-order valence-corrected chi connectivity index (χ1v) is 8.71. The van der Waals surface area contributed by atoms with E-state index in [0.717, 1.165) is 30.0 Å². The topological polar surface area (TPSA) is 70.4 Å². The summed E-state index contributed by atoms with van der Waals surface area (Å²) in [7, 11) is 0. The third kappa shape index (κ3) is 5.41. The third-order valence-corrected chi connectivity index (χ3v) is 4.40. The fraction of sp³-hybridized carbons (Fsp3) is 0.474. The van der Waals surface area contributed by atoms with E-state index in [2.05, 4.69) is 22.5 Å². The van der Waals surface area contributed by atoms with Crippen LogP contribution in [0.25, 0.3) is 0 Å². The highest BCUT2D eigenvalue weighted by molar-refractivity contribution is 5.78. The number of hydrogen-bond acceptors (Lipinski definition) is 4. The van der Waals surface area contributed by atoms with E-state index in [1.807, 2.05) is 48.6 Å². The lowest BCUT2D eigenvalue weighted by Gasteiger charge is -2.18. The Hall–Kier alpha value is -2.18. The van der Waals surface area contributed by atoms with E-state index in [-0.39, 0.29) is 12.5 Å². The second-order valence-electron chi connectivity index (χ2n) is 6.16. The number of aryl methyl sites for hydroxylation is 1. The van der Waals surface area contributed by atoms with Crippen LogP contribution in [-0.4, -0.2) is 51.9 Å². The Balaban J connectivity index is 1.97. The van der Waals surface area contributed by atoms with Crippen LogP contribution in [0.5, 0.6) is 0 Å². The van der Waals surface area contributed by atoms with Gasteiger partial charge in [-0.05, 0) is 26.0 Å². The molecule has 0 saturated carbocycles. The largest absolute Gasteiger partial charge is 0.395 e. The molecule has 0 radical (unpaired) electrons. The highest BCUT2D eigenvalue weighted by Crippen LogP contribution is 2.14. The van der Waals surface area contributed by atoms with Gasteiger partial charge in [0.15, 0.2) is 0 Å². The van der Waals surface area contributed by atoms with Crippen LogP contribution < -0.4 is 5.32 Å². The van der Waals surface area contributed by atoms with E-state index >= 15 is 0 Å². The summed E-state index contributed by atoms with van der Waals surface area (Å²) in [5, 5.41) is 16.6. The van der Waals surface area contributed by atoms with Gasteiger partial charge in [0.05, 0.1) is 25.4 Å². The Morgan fingerprint density at radius 3 is 2.64 bits per heavy atom. The second kappa shape index (κ2) is 9.34. The van der Waals surface area contributed by atoms with E-state index in [4.69, 9.17) is 5.11 Å². The van der Waals surface area contributed by atoms with Gasteiger partial charge in [-0.25, -0.2) is 0 Å². The molecule has 0 bridgehead atoms. The average Bonchev–Trinajstić information content (AvgIpc) is 2.87. The number of carbonyl (C=O) groups excluding carboxylic acids is 1. The van der Waals surface area contributed by atoms with E-state index < -0.39 is 0 Å². The van der Waals surface area contributed by atoms with Crippen molar-refractivity contribution < 1.29 is 9.90 Å². The van der Waals surface area contributed by atoms with Crippen molar-refractivity contribution in [3.63, 3.8) is 0 Å². The van der Waals surface area contributed by atoms with Crippen LogP contribution in [-0.2, 0) is 17.9 Å². The van der Waals surface area contributed by atoms with Crippen molar-refractivity contribution in [2.45, 2.75) is 33.9 Å². The number of carbonyl (C=O) groups is 1. The third-order valence-electron chi connectivity index (χ3n) is 4.40. The zero-order chi connectivity index (χ0) is 18.2. The molecule has 0 atom stereocenters. The summed E-state index contributed by atoms with van der Waals surface area (Å²) in [6.45, 7) is 8.79. The first-order valence-electron chi connectivity index (χ1n) is 8.71. The molecule has 2 N–H and O–H groups in total. The summed E-state index contributed by atoms with van der Waals surface area (Å²) in [6, 6.07) is 10.2. The number of amides is 1. The van der Waals surface area contributed by atoms with Gasteiger partial charge in [0, 0.05) is 24.3 Å². The molecule has 0 fully saturated rings. The number of aromatic nitrogens is 2. The number of rotatable bonds is 9. The fourth-order valence-corrected chi connectivity index (χ4v) is 2.84. The molecular weight excluding hydrogens is 316 g/mol. The Morgan fingerprint density at radius 2 is 2.00 bits per heavy atom. The maximum absolute atomic E-state index is 12.1. The van der Waals surface area contributed by atoms with Gasteiger partial charge in [-0.15, -0.1) is 0 Å². The van der Waals surface area contributed by atoms with Gasteiger partial charge in [-0.2, -0.15) is 5.10 Å². The van der Waals surface area contributed by atoms with Gasteiger partial charge in [-0.3, -0.25) is 14.4 Å². The van der Waals surface area contributed by atoms with Crippen LogP contribution >= 0.6 is 0 Å². The smallest absolute Gasteiger partial charge is 0.234 e. The maximum atomic E-state index is 12.1. The molecule has 1 aromatic heterocycles. The van der Waals surface area contributed by atoms with Gasteiger partial charge in [0.2, 0.25) is 5.91 Å². The Kier molecular flexibility index (Phi) is 7.16. The molecule has 6 heteroatoms. The second-order valence-corrected chi connectivity index (χ2v) is 6.16. The van der Waals surface area contributed by atoms with Crippen LogP contribution in [0.4, 0.5) is 0 Å². The predicted molar refractivity (Wildman–Crippen MR) is 98.3 cm³/mol. The molecule has 1 amide bonds. The molecule has 0 unspecified atom stereocenters. The first-order chi connectivity index (χ1) is 12.0. The standard InChI is InChI=1S/C19H28N4O2/c1-4-22(10-11-24)14-19(25)20-12-18-15(2)21-23(16(18)3)13-17-8-6-5-7-9-17/h5-9,24H,4,10-14H2,1-3H3,(H,20,25). The molecule has 6 nitrogen and oxygen atoms in total.